The SMILES string of the molecule is CCOC(=O)C1C(c2ccccc2)c2c(CCN(C)C)c3ccccc3n2C1(O)c1ccccc1. The van der Waals surface area contributed by atoms with Crippen molar-refractivity contribution in [3.05, 3.63) is 107 Å². The summed E-state index contributed by atoms with van der Waals surface area (Å²) in [5, 5.41) is 13.9. The summed E-state index contributed by atoms with van der Waals surface area (Å²) in [7, 11) is 4.13. The molecule has 0 aliphatic carbocycles. The monoisotopic (exact) mass is 468 g/mol. The van der Waals surface area contributed by atoms with Crippen LogP contribution in [0.15, 0.2) is 84.9 Å². The predicted molar refractivity (Wildman–Crippen MR) is 138 cm³/mol. The lowest BCUT2D eigenvalue weighted by atomic mass is 9.77. The van der Waals surface area contributed by atoms with E-state index in [0.717, 1.165) is 35.1 Å². The second-order valence-electron chi connectivity index (χ2n) is 9.48. The second kappa shape index (κ2) is 9.33. The number of esters is 1. The Morgan fingerprint density at radius 3 is 2.26 bits per heavy atom. The third-order valence-corrected chi connectivity index (χ3v) is 7.13. The first-order valence-corrected chi connectivity index (χ1v) is 12.2. The zero-order valence-electron chi connectivity index (χ0n) is 20.5. The summed E-state index contributed by atoms with van der Waals surface area (Å²) in [6.07, 6.45) is 0.805. The van der Waals surface area contributed by atoms with Crippen molar-refractivity contribution < 1.29 is 14.6 Å². The highest BCUT2D eigenvalue weighted by atomic mass is 16.5. The van der Waals surface area contributed by atoms with Gasteiger partial charge in [0.2, 0.25) is 0 Å². The molecule has 1 N–H and O–H groups in total. The van der Waals surface area contributed by atoms with Gasteiger partial charge >= 0.3 is 5.97 Å². The van der Waals surface area contributed by atoms with E-state index in [-0.39, 0.29) is 18.5 Å². The summed E-state index contributed by atoms with van der Waals surface area (Å²) in [6, 6.07) is 27.8. The van der Waals surface area contributed by atoms with Crippen molar-refractivity contribution >= 4 is 16.9 Å². The van der Waals surface area contributed by atoms with Crippen molar-refractivity contribution in [2.24, 2.45) is 5.92 Å². The molecule has 0 saturated carbocycles. The topological polar surface area (TPSA) is 54.7 Å². The Kier molecular flexibility index (Phi) is 6.22. The van der Waals surface area contributed by atoms with Crippen molar-refractivity contribution in [2.45, 2.75) is 25.0 Å². The van der Waals surface area contributed by atoms with E-state index >= 15 is 0 Å². The number of hydrogen-bond acceptors (Lipinski definition) is 4. The maximum absolute atomic E-state index is 13.7. The lowest BCUT2D eigenvalue weighted by Crippen LogP contribution is -2.43. The molecule has 35 heavy (non-hydrogen) atoms. The van der Waals surface area contributed by atoms with Crippen LogP contribution < -0.4 is 0 Å². The summed E-state index contributed by atoms with van der Waals surface area (Å²) in [6.45, 7) is 2.92. The average molecular weight is 469 g/mol. The van der Waals surface area contributed by atoms with Crippen LogP contribution in [0, 0.1) is 5.92 Å². The van der Waals surface area contributed by atoms with E-state index in [2.05, 4.69) is 25.1 Å². The quantitative estimate of drug-likeness (QED) is 0.397. The molecule has 1 aromatic heterocycles. The summed E-state index contributed by atoms with van der Waals surface area (Å²) in [4.78, 5) is 15.9. The number of nitrogens with zero attached hydrogens (tertiary/aromatic N) is 2. The van der Waals surface area contributed by atoms with Gasteiger partial charge in [-0.25, -0.2) is 0 Å². The minimum atomic E-state index is -1.60. The van der Waals surface area contributed by atoms with Crippen LogP contribution in [0.5, 0.6) is 0 Å². The Morgan fingerprint density at radius 1 is 0.971 bits per heavy atom. The minimum absolute atomic E-state index is 0.255. The smallest absolute Gasteiger partial charge is 0.315 e. The Morgan fingerprint density at radius 2 is 1.60 bits per heavy atom. The van der Waals surface area contributed by atoms with Crippen molar-refractivity contribution in [1.29, 1.82) is 0 Å². The average Bonchev–Trinajstić information content (AvgIpc) is 3.35. The fourth-order valence-corrected chi connectivity index (χ4v) is 5.68. The number of hydrogen-bond donors (Lipinski definition) is 1. The molecular formula is C30H32N2O3. The zero-order chi connectivity index (χ0) is 24.6. The standard InChI is InChI=1S/C30H32N2O3/c1-4-35-29(33)27-26(21-13-7-5-8-14-21)28-24(19-20-31(2)3)23-17-11-12-18-25(23)32(28)30(27,34)22-15-9-6-10-16-22/h5-18,26-27,34H,4,19-20H2,1-3H3. The zero-order valence-corrected chi connectivity index (χ0v) is 20.5. The molecule has 5 nitrogen and oxygen atoms in total. The molecule has 3 atom stereocenters. The van der Waals surface area contributed by atoms with Crippen LogP contribution in [-0.4, -0.2) is 47.8 Å². The van der Waals surface area contributed by atoms with Gasteiger partial charge in [0.15, 0.2) is 5.72 Å². The van der Waals surface area contributed by atoms with Crippen LogP contribution >= 0.6 is 0 Å². The van der Waals surface area contributed by atoms with Crippen LogP contribution in [-0.2, 0) is 21.7 Å². The molecule has 180 valence electrons. The molecule has 0 amide bonds. The number of rotatable bonds is 7. The Labute approximate surface area is 206 Å². The maximum atomic E-state index is 13.7. The summed E-state index contributed by atoms with van der Waals surface area (Å²) in [5.74, 6) is -1.57. The number of aliphatic hydroxyl groups is 1. The molecule has 0 radical (unpaired) electrons. The number of para-hydroxylation sites is 1. The number of carbonyl (C=O) groups excluding carboxylic acids is 1. The van der Waals surface area contributed by atoms with Crippen molar-refractivity contribution in [3.8, 4) is 0 Å². The van der Waals surface area contributed by atoms with Crippen molar-refractivity contribution in [2.75, 3.05) is 27.2 Å². The molecular weight excluding hydrogens is 436 g/mol. The van der Waals surface area contributed by atoms with Crippen LogP contribution in [0.2, 0.25) is 0 Å². The molecule has 1 aliphatic rings. The van der Waals surface area contributed by atoms with Gasteiger partial charge in [0.25, 0.3) is 0 Å². The van der Waals surface area contributed by atoms with E-state index in [9.17, 15) is 9.90 Å². The first-order valence-electron chi connectivity index (χ1n) is 12.2. The van der Waals surface area contributed by atoms with Crippen LogP contribution in [0.4, 0.5) is 0 Å². The highest BCUT2D eigenvalue weighted by Gasteiger charge is 2.58. The van der Waals surface area contributed by atoms with Crippen LogP contribution in [0.25, 0.3) is 10.9 Å². The fraction of sp³-hybridized carbons (Fsp3) is 0.300. The first-order chi connectivity index (χ1) is 17.0. The largest absolute Gasteiger partial charge is 0.466 e. The maximum Gasteiger partial charge on any atom is 0.315 e. The van der Waals surface area contributed by atoms with Gasteiger partial charge in [0, 0.05) is 29.1 Å². The van der Waals surface area contributed by atoms with E-state index < -0.39 is 11.6 Å². The molecule has 4 aromatic rings. The van der Waals surface area contributed by atoms with Crippen LogP contribution in [0.3, 0.4) is 0 Å². The van der Waals surface area contributed by atoms with Gasteiger partial charge in [-0.1, -0.05) is 78.9 Å². The molecule has 0 fully saturated rings. The van der Waals surface area contributed by atoms with Gasteiger partial charge in [0.05, 0.1) is 12.1 Å². The van der Waals surface area contributed by atoms with Gasteiger partial charge in [0.1, 0.15) is 5.92 Å². The van der Waals surface area contributed by atoms with Gasteiger partial charge in [-0.05, 0) is 44.6 Å². The second-order valence-corrected chi connectivity index (χ2v) is 9.48. The lowest BCUT2D eigenvalue weighted by molar-refractivity contribution is -0.159. The van der Waals surface area contributed by atoms with Crippen molar-refractivity contribution in [3.63, 3.8) is 0 Å². The third-order valence-electron chi connectivity index (χ3n) is 7.13. The molecule has 5 heteroatoms. The molecule has 5 rings (SSSR count). The van der Waals surface area contributed by atoms with Gasteiger partial charge in [-0.15, -0.1) is 0 Å². The highest BCUT2D eigenvalue weighted by Crippen LogP contribution is 2.55. The minimum Gasteiger partial charge on any atom is -0.466 e. The lowest BCUT2D eigenvalue weighted by Gasteiger charge is -2.33. The van der Waals surface area contributed by atoms with E-state index in [4.69, 9.17) is 4.74 Å². The summed E-state index contributed by atoms with van der Waals surface area (Å²) < 4.78 is 7.64. The van der Waals surface area contributed by atoms with Gasteiger partial charge in [-0.2, -0.15) is 0 Å². The molecule has 0 saturated heterocycles. The third kappa shape index (κ3) is 3.76. The Hall–Kier alpha value is -3.41. The molecule has 3 aromatic carbocycles. The van der Waals surface area contributed by atoms with E-state index in [1.165, 1.54) is 5.56 Å². The fourth-order valence-electron chi connectivity index (χ4n) is 5.68. The summed E-state index contributed by atoms with van der Waals surface area (Å²) >= 11 is 0. The van der Waals surface area contributed by atoms with Crippen LogP contribution in [0.1, 0.15) is 35.2 Å². The molecule has 3 unspecified atom stereocenters. The number of carbonyl (C=O) groups is 1. The Bertz CT molecular complexity index is 1330. The molecule has 2 heterocycles. The normalized spacial score (nSPS) is 21.4. The van der Waals surface area contributed by atoms with Gasteiger partial charge in [-0.3, -0.25) is 4.79 Å². The number of aromatic nitrogens is 1. The number of benzene rings is 3. The van der Waals surface area contributed by atoms with E-state index in [1.54, 1.807) is 0 Å². The molecule has 0 spiro atoms. The van der Waals surface area contributed by atoms with Crippen molar-refractivity contribution in [1.82, 2.24) is 9.47 Å². The first kappa shape index (κ1) is 23.3. The molecule has 1 aliphatic heterocycles. The highest BCUT2D eigenvalue weighted by molar-refractivity contribution is 5.89. The predicted octanol–water partition coefficient (Wildman–Crippen LogP) is 4.76. The number of likely N-dealkylation sites (N-methyl/N-ethyl adjacent to an activating group) is 1. The van der Waals surface area contributed by atoms with Gasteiger partial charge < -0.3 is 19.3 Å². The molecule has 0 bridgehead atoms. The summed E-state index contributed by atoms with van der Waals surface area (Å²) in [5.41, 5.74) is 3.16. The van der Waals surface area contributed by atoms with E-state index in [0.29, 0.717) is 5.56 Å². The number of ether oxygens (including phenoxy) is 1. The number of fused-ring (bicyclic) bond motifs is 3. The Balaban J connectivity index is 1.88. The van der Waals surface area contributed by atoms with E-state index in [1.807, 2.05) is 90.4 Å².